The minimum Gasteiger partial charge on any atom is -0.481 e. The van der Waals surface area contributed by atoms with Crippen molar-refractivity contribution in [1.29, 1.82) is 0 Å². The summed E-state index contributed by atoms with van der Waals surface area (Å²) in [7, 11) is 0. The maximum Gasteiger partial charge on any atom is 0.311 e. The number of benzene rings is 1. The number of carboxylic acids is 1. The number of hydrogen-bond acceptors (Lipinski definition) is 1. The van der Waals surface area contributed by atoms with Gasteiger partial charge in [0, 0.05) is 0 Å². The molecule has 2 heteroatoms. The van der Waals surface area contributed by atoms with Crippen LogP contribution in [-0.2, 0) is 15.6 Å². The summed E-state index contributed by atoms with van der Waals surface area (Å²) in [6.45, 7) is 11.0. The molecule has 0 saturated carbocycles. The van der Waals surface area contributed by atoms with E-state index in [1.54, 1.807) is 0 Å². The van der Waals surface area contributed by atoms with Gasteiger partial charge in [-0.3, -0.25) is 4.79 Å². The van der Waals surface area contributed by atoms with E-state index in [0.29, 0.717) is 6.42 Å². The van der Waals surface area contributed by atoms with Gasteiger partial charge < -0.3 is 5.11 Å². The Kier molecular flexibility index (Phi) is 4.51. The summed E-state index contributed by atoms with van der Waals surface area (Å²) in [6, 6.07) is 6.33. The van der Waals surface area contributed by atoms with Crippen LogP contribution < -0.4 is 0 Å². The number of allylic oxidation sites excluding steroid dienone is 2. The third-order valence-electron chi connectivity index (χ3n) is 5.18. The molecular weight excluding hydrogens is 272 g/mol. The molecule has 0 aliphatic heterocycles. The van der Waals surface area contributed by atoms with Crippen molar-refractivity contribution in [3.05, 3.63) is 47.0 Å². The first-order valence-electron chi connectivity index (χ1n) is 8.18. The van der Waals surface area contributed by atoms with E-state index in [4.69, 9.17) is 0 Å². The highest BCUT2D eigenvalue weighted by atomic mass is 16.4. The molecule has 0 amide bonds. The van der Waals surface area contributed by atoms with Crippen LogP contribution in [0.2, 0.25) is 0 Å². The fourth-order valence-corrected chi connectivity index (χ4v) is 3.47. The van der Waals surface area contributed by atoms with Gasteiger partial charge in [-0.15, -0.1) is 0 Å². The first kappa shape index (κ1) is 16.8. The number of rotatable bonds is 4. The maximum absolute atomic E-state index is 11.6. The summed E-state index contributed by atoms with van der Waals surface area (Å²) in [5.74, 6) is -1.20. The van der Waals surface area contributed by atoms with E-state index in [1.165, 1.54) is 17.5 Å². The van der Waals surface area contributed by atoms with E-state index in [1.807, 2.05) is 25.1 Å². The Morgan fingerprint density at radius 3 is 2.32 bits per heavy atom. The quantitative estimate of drug-likeness (QED) is 0.779. The molecule has 1 aliphatic carbocycles. The maximum atomic E-state index is 11.6. The molecule has 1 atom stereocenters. The van der Waals surface area contributed by atoms with Crippen molar-refractivity contribution in [2.75, 3.05) is 0 Å². The van der Waals surface area contributed by atoms with Gasteiger partial charge in [0.15, 0.2) is 0 Å². The van der Waals surface area contributed by atoms with E-state index in [9.17, 15) is 9.90 Å². The highest BCUT2D eigenvalue weighted by molar-refractivity contribution is 5.76. The summed E-state index contributed by atoms with van der Waals surface area (Å²) in [5.41, 5.74) is 3.92. The summed E-state index contributed by atoms with van der Waals surface area (Å²) in [4.78, 5) is 11.6. The zero-order valence-electron chi connectivity index (χ0n) is 14.4. The lowest BCUT2D eigenvalue weighted by Gasteiger charge is -2.42. The molecule has 0 aromatic heterocycles. The summed E-state index contributed by atoms with van der Waals surface area (Å²) in [6.07, 6.45) is 6.72. The van der Waals surface area contributed by atoms with Crippen LogP contribution in [0, 0.1) is 0 Å². The first-order valence-corrected chi connectivity index (χ1v) is 8.18. The molecule has 0 saturated heterocycles. The number of fused-ring (bicyclic) bond motifs is 1. The number of carbonyl (C=O) groups is 1. The van der Waals surface area contributed by atoms with Gasteiger partial charge in [-0.05, 0) is 53.7 Å². The van der Waals surface area contributed by atoms with E-state index in [2.05, 4.69) is 39.8 Å². The molecule has 22 heavy (non-hydrogen) atoms. The van der Waals surface area contributed by atoms with Gasteiger partial charge in [-0.1, -0.05) is 58.0 Å². The van der Waals surface area contributed by atoms with Gasteiger partial charge in [0.2, 0.25) is 0 Å². The van der Waals surface area contributed by atoms with Crippen LogP contribution in [0.1, 0.15) is 76.5 Å². The zero-order valence-corrected chi connectivity index (χ0v) is 14.4. The number of hydrogen-bond donors (Lipinski definition) is 1. The van der Waals surface area contributed by atoms with E-state index in [-0.39, 0.29) is 10.8 Å². The molecule has 2 rings (SSSR count). The largest absolute Gasteiger partial charge is 0.481 e. The summed E-state index contributed by atoms with van der Waals surface area (Å²) < 4.78 is 0. The molecule has 1 aliphatic rings. The van der Waals surface area contributed by atoms with Crippen LogP contribution in [0.4, 0.5) is 0 Å². The van der Waals surface area contributed by atoms with Crippen molar-refractivity contribution >= 4 is 5.97 Å². The van der Waals surface area contributed by atoms with Crippen LogP contribution >= 0.6 is 0 Å². The molecule has 1 aromatic rings. The second kappa shape index (κ2) is 5.91. The Morgan fingerprint density at radius 1 is 1.18 bits per heavy atom. The van der Waals surface area contributed by atoms with Gasteiger partial charge >= 0.3 is 5.97 Å². The molecule has 0 bridgehead atoms. The van der Waals surface area contributed by atoms with Gasteiger partial charge in [-0.2, -0.15) is 0 Å². The Balaban J connectivity index is 2.51. The van der Waals surface area contributed by atoms with Gasteiger partial charge in [0.1, 0.15) is 0 Å². The van der Waals surface area contributed by atoms with Crippen LogP contribution in [0.3, 0.4) is 0 Å². The second-order valence-electron chi connectivity index (χ2n) is 7.77. The smallest absolute Gasteiger partial charge is 0.311 e. The molecule has 0 fully saturated rings. The van der Waals surface area contributed by atoms with E-state index in [0.717, 1.165) is 12.0 Å². The Morgan fingerprint density at radius 2 is 1.77 bits per heavy atom. The normalized spacial score (nSPS) is 20.6. The van der Waals surface area contributed by atoms with Crippen molar-refractivity contribution in [2.45, 2.75) is 70.6 Å². The van der Waals surface area contributed by atoms with Gasteiger partial charge in [-0.25, -0.2) is 0 Å². The Hall–Kier alpha value is -1.57. The average molecular weight is 300 g/mol. The predicted molar refractivity (Wildman–Crippen MR) is 91.5 cm³/mol. The lowest BCUT2D eigenvalue weighted by Crippen LogP contribution is -2.34. The molecule has 0 heterocycles. The monoisotopic (exact) mass is 300 g/mol. The predicted octanol–water partition coefficient (Wildman–Crippen LogP) is 5.17. The number of carboxylic acid groups (broad SMARTS) is 1. The minimum absolute atomic E-state index is 0.116. The molecule has 0 radical (unpaired) electrons. The molecule has 1 N–H and O–H groups in total. The highest BCUT2D eigenvalue weighted by Crippen LogP contribution is 2.46. The van der Waals surface area contributed by atoms with Crippen molar-refractivity contribution < 1.29 is 9.90 Å². The van der Waals surface area contributed by atoms with Crippen LogP contribution in [0.15, 0.2) is 30.4 Å². The zero-order chi connectivity index (χ0) is 16.5. The standard InChI is InChI=1S/C20H28O2/c1-6-7-8-15(18(21)22)14-9-10-16-17(13-14)20(4,5)12-11-19(16,2)3/h6-7,9-10,13,15H,8,11-12H2,1-5H3,(H,21,22). The molecule has 1 unspecified atom stereocenters. The van der Waals surface area contributed by atoms with Crippen LogP contribution in [-0.4, -0.2) is 11.1 Å². The molecule has 120 valence electrons. The van der Waals surface area contributed by atoms with E-state index >= 15 is 0 Å². The lowest BCUT2D eigenvalue weighted by molar-refractivity contribution is -0.138. The number of aliphatic carboxylic acids is 1. The minimum atomic E-state index is -0.745. The highest BCUT2D eigenvalue weighted by Gasteiger charge is 2.37. The van der Waals surface area contributed by atoms with Crippen molar-refractivity contribution in [3.8, 4) is 0 Å². The Bertz CT molecular complexity index is 594. The lowest BCUT2D eigenvalue weighted by atomic mass is 9.62. The van der Waals surface area contributed by atoms with Crippen molar-refractivity contribution in [1.82, 2.24) is 0 Å². The molecular formula is C20H28O2. The fraction of sp³-hybridized carbons (Fsp3) is 0.550. The van der Waals surface area contributed by atoms with Gasteiger partial charge in [0.05, 0.1) is 5.92 Å². The third-order valence-corrected chi connectivity index (χ3v) is 5.18. The van der Waals surface area contributed by atoms with Gasteiger partial charge in [0.25, 0.3) is 0 Å². The molecule has 1 aromatic carbocycles. The van der Waals surface area contributed by atoms with Crippen molar-refractivity contribution in [2.24, 2.45) is 0 Å². The summed E-state index contributed by atoms with van der Waals surface area (Å²) in [5, 5.41) is 9.56. The topological polar surface area (TPSA) is 37.3 Å². The average Bonchev–Trinajstić information content (AvgIpc) is 2.44. The van der Waals surface area contributed by atoms with Crippen LogP contribution in [0.5, 0.6) is 0 Å². The van der Waals surface area contributed by atoms with E-state index < -0.39 is 11.9 Å². The summed E-state index contributed by atoms with van der Waals surface area (Å²) >= 11 is 0. The first-order chi connectivity index (χ1) is 10.2. The molecule has 0 spiro atoms. The molecule has 2 nitrogen and oxygen atoms in total. The van der Waals surface area contributed by atoms with Crippen molar-refractivity contribution in [3.63, 3.8) is 0 Å². The SMILES string of the molecule is CC=CCC(C(=O)O)c1ccc2c(c1)C(C)(C)CCC2(C)C. The fourth-order valence-electron chi connectivity index (χ4n) is 3.47. The van der Waals surface area contributed by atoms with Crippen LogP contribution in [0.25, 0.3) is 0 Å². The Labute approximate surface area is 134 Å². The third kappa shape index (κ3) is 3.11. The second-order valence-corrected chi connectivity index (χ2v) is 7.77.